The molecule has 1 fully saturated rings. The molecular formula is C26H32N2O6. The smallest absolute Gasteiger partial charge is 0.325 e. The van der Waals surface area contributed by atoms with E-state index in [0.717, 1.165) is 37.0 Å². The number of carbonyl (C=O) groups is 3. The topological polar surface area (TPSA) is 94.2 Å². The van der Waals surface area contributed by atoms with E-state index in [4.69, 9.17) is 14.2 Å². The molecule has 0 spiro atoms. The van der Waals surface area contributed by atoms with E-state index in [0.29, 0.717) is 24.5 Å². The van der Waals surface area contributed by atoms with E-state index in [9.17, 15) is 14.4 Å². The zero-order valence-electron chi connectivity index (χ0n) is 19.7. The molecule has 0 heterocycles. The maximum atomic E-state index is 12.7. The molecule has 0 aliphatic heterocycles. The van der Waals surface area contributed by atoms with Crippen molar-refractivity contribution >= 4 is 17.8 Å². The number of nitrogens with one attached hydrogen (secondary N) is 1. The first-order valence-corrected chi connectivity index (χ1v) is 11.6. The first-order valence-electron chi connectivity index (χ1n) is 11.6. The average Bonchev–Trinajstić information content (AvgIpc) is 3.70. The van der Waals surface area contributed by atoms with Gasteiger partial charge in [-0.1, -0.05) is 25.5 Å². The van der Waals surface area contributed by atoms with Crippen LogP contribution in [0.4, 0.5) is 0 Å². The van der Waals surface area contributed by atoms with Crippen molar-refractivity contribution in [3.63, 3.8) is 0 Å². The van der Waals surface area contributed by atoms with Gasteiger partial charge >= 0.3 is 5.97 Å². The first kappa shape index (κ1) is 25.1. The second-order valence-corrected chi connectivity index (χ2v) is 8.17. The van der Waals surface area contributed by atoms with Crippen LogP contribution in [0.25, 0.3) is 0 Å². The van der Waals surface area contributed by atoms with Gasteiger partial charge in [0.2, 0.25) is 0 Å². The predicted octanol–water partition coefficient (Wildman–Crippen LogP) is 3.34. The van der Waals surface area contributed by atoms with Crippen LogP contribution in [0.2, 0.25) is 0 Å². The summed E-state index contributed by atoms with van der Waals surface area (Å²) in [5, 5.41) is 2.52. The molecule has 182 valence electrons. The van der Waals surface area contributed by atoms with Crippen molar-refractivity contribution in [2.24, 2.45) is 0 Å². The summed E-state index contributed by atoms with van der Waals surface area (Å²) in [6.45, 7) is 2.49. The van der Waals surface area contributed by atoms with Gasteiger partial charge in [-0.3, -0.25) is 14.4 Å². The summed E-state index contributed by atoms with van der Waals surface area (Å²) >= 11 is 0. The third-order valence-corrected chi connectivity index (χ3v) is 5.45. The fourth-order valence-electron chi connectivity index (χ4n) is 3.30. The normalized spacial score (nSPS) is 12.5. The van der Waals surface area contributed by atoms with Crippen LogP contribution in [-0.4, -0.2) is 55.6 Å². The lowest BCUT2D eigenvalue weighted by molar-refractivity contribution is -0.151. The maximum Gasteiger partial charge on any atom is 0.325 e. The molecular weight excluding hydrogens is 436 g/mol. The van der Waals surface area contributed by atoms with Gasteiger partial charge in [0.15, 0.2) is 6.61 Å². The van der Waals surface area contributed by atoms with Crippen molar-refractivity contribution in [1.29, 1.82) is 0 Å². The zero-order chi connectivity index (χ0) is 24.3. The fourth-order valence-corrected chi connectivity index (χ4v) is 3.30. The molecule has 0 unspecified atom stereocenters. The molecule has 1 aliphatic carbocycles. The number of unbranched alkanes of at least 4 members (excludes halogenated alkanes) is 1. The van der Waals surface area contributed by atoms with Gasteiger partial charge in [-0.25, -0.2) is 0 Å². The number of carbonyl (C=O) groups excluding carboxylic acids is 3. The Bertz CT molecular complexity index is 954. The molecule has 2 amide bonds. The molecule has 0 bridgehead atoms. The van der Waals surface area contributed by atoms with E-state index in [-0.39, 0.29) is 25.1 Å². The van der Waals surface area contributed by atoms with Crippen LogP contribution < -0.4 is 14.8 Å². The number of methoxy groups -OCH3 is 1. The molecule has 3 rings (SSSR count). The second kappa shape index (κ2) is 12.6. The molecule has 2 aromatic carbocycles. The number of hydrogen-bond donors (Lipinski definition) is 1. The van der Waals surface area contributed by atoms with Gasteiger partial charge in [0.05, 0.1) is 13.7 Å². The lowest BCUT2D eigenvalue weighted by Crippen LogP contribution is -2.37. The summed E-state index contributed by atoms with van der Waals surface area (Å²) in [7, 11) is 1.60. The Morgan fingerprint density at radius 2 is 1.68 bits per heavy atom. The van der Waals surface area contributed by atoms with E-state index in [1.807, 2.05) is 24.3 Å². The van der Waals surface area contributed by atoms with Crippen LogP contribution in [0, 0.1) is 0 Å². The molecule has 8 nitrogen and oxygen atoms in total. The molecule has 0 aromatic heterocycles. The molecule has 0 radical (unpaired) electrons. The lowest BCUT2D eigenvalue weighted by Gasteiger charge is -2.22. The van der Waals surface area contributed by atoms with Gasteiger partial charge in [-0.05, 0) is 61.2 Å². The van der Waals surface area contributed by atoms with Gasteiger partial charge in [0.25, 0.3) is 11.8 Å². The number of rotatable bonds is 13. The second-order valence-electron chi connectivity index (χ2n) is 8.17. The Kier molecular flexibility index (Phi) is 9.31. The molecule has 34 heavy (non-hydrogen) atoms. The summed E-state index contributed by atoms with van der Waals surface area (Å²) < 4.78 is 15.9. The van der Waals surface area contributed by atoms with Crippen LogP contribution in [0.15, 0.2) is 48.5 Å². The van der Waals surface area contributed by atoms with Gasteiger partial charge < -0.3 is 24.4 Å². The quantitative estimate of drug-likeness (QED) is 0.358. The lowest BCUT2D eigenvalue weighted by atomic mass is 10.2. The largest absolute Gasteiger partial charge is 0.497 e. The Labute approximate surface area is 200 Å². The summed E-state index contributed by atoms with van der Waals surface area (Å²) in [5.41, 5.74) is 1.38. The Morgan fingerprint density at radius 3 is 2.29 bits per heavy atom. The molecule has 1 N–H and O–H groups in total. The number of ether oxygens (including phenoxy) is 3. The highest BCUT2D eigenvalue weighted by molar-refractivity contribution is 5.96. The van der Waals surface area contributed by atoms with Crippen molar-refractivity contribution in [3.8, 4) is 11.5 Å². The molecule has 0 atom stereocenters. The average molecular weight is 469 g/mol. The van der Waals surface area contributed by atoms with Crippen molar-refractivity contribution in [1.82, 2.24) is 10.2 Å². The van der Waals surface area contributed by atoms with E-state index < -0.39 is 11.9 Å². The standard InChI is InChI=1S/C26H32N2O6/c1-3-4-15-33-23-13-7-20(8-14-23)26(31)27-16-25(30)34-18-24(29)28(21-9-10-21)17-19-5-11-22(32-2)12-6-19/h5-8,11-14,21H,3-4,9-10,15-18H2,1-2H3,(H,27,31). The Morgan fingerprint density at radius 1 is 1.00 bits per heavy atom. The molecule has 1 saturated carbocycles. The zero-order valence-corrected chi connectivity index (χ0v) is 19.7. The molecule has 0 saturated heterocycles. The van der Waals surface area contributed by atoms with E-state index in [2.05, 4.69) is 12.2 Å². The van der Waals surface area contributed by atoms with Gasteiger partial charge in [-0.2, -0.15) is 0 Å². The summed E-state index contributed by atoms with van der Waals surface area (Å²) in [5.74, 6) is 0.124. The van der Waals surface area contributed by atoms with Crippen molar-refractivity contribution in [2.45, 2.75) is 45.2 Å². The van der Waals surface area contributed by atoms with Crippen molar-refractivity contribution in [3.05, 3.63) is 59.7 Å². The first-order chi connectivity index (χ1) is 16.5. The van der Waals surface area contributed by atoms with E-state index in [1.54, 1.807) is 36.3 Å². The summed E-state index contributed by atoms with van der Waals surface area (Å²) in [6.07, 6.45) is 3.89. The number of amides is 2. The van der Waals surface area contributed by atoms with E-state index in [1.165, 1.54) is 0 Å². The minimum Gasteiger partial charge on any atom is -0.497 e. The van der Waals surface area contributed by atoms with Crippen LogP contribution in [0.1, 0.15) is 48.5 Å². The van der Waals surface area contributed by atoms with E-state index >= 15 is 0 Å². The highest BCUT2D eigenvalue weighted by Gasteiger charge is 2.33. The SMILES string of the molecule is CCCCOc1ccc(C(=O)NCC(=O)OCC(=O)N(Cc2ccc(OC)cc2)C2CC2)cc1. The number of hydrogen-bond acceptors (Lipinski definition) is 6. The molecule has 2 aromatic rings. The van der Waals surface area contributed by atoms with Gasteiger partial charge in [-0.15, -0.1) is 0 Å². The number of esters is 1. The third kappa shape index (κ3) is 7.79. The number of benzene rings is 2. The monoisotopic (exact) mass is 468 g/mol. The van der Waals surface area contributed by atoms with Gasteiger partial charge in [0.1, 0.15) is 18.0 Å². The minimum absolute atomic E-state index is 0.168. The van der Waals surface area contributed by atoms with Crippen LogP contribution in [0.5, 0.6) is 11.5 Å². The molecule has 1 aliphatic rings. The van der Waals surface area contributed by atoms with Crippen LogP contribution in [0.3, 0.4) is 0 Å². The molecule has 8 heteroatoms. The van der Waals surface area contributed by atoms with Crippen molar-refractivity contribution < 1.29 is 28.6 Å². The number of nitrogens with zero attached hydrogens (tertiary/aromatic N) is 1. The fraction of sp³-hybridized carbons (Fsp3) is 0.423. The highest BCUT2D eigenvalue weighted by Crippen LogP contribution is 2.28. The van der Waals surface area contributed by atoms with Crippen LogP contribution >= 0.6 is 0 Å². The Hall–Kier alpha value is -3.55. The highest BCUT2D eigenvalue weighted by atomic mass is 16.5. The Balaban J connectivity index is 1.41. The summed E-state index contributed by atoms with van der Waals surface area (Å²) in [6, 6.07) is 14.4. The predicted molar refractivity (Wildman–Crippen MR) is 127 cm³/mol. The van der Waals surface area contributed by atoms with Gasteiger partial charge in [0, 0.05) is 18.2 Å². The minimum atomic E-state index is -0.665. The summed E-state index contributed by atoms with van der Waals surface area (Å²) in [4.78, 5) is 38.8. The third-order valence-electron chi connectivity index (χ3n) is 5.45. The maximum absolute atomic E-state index is 12.7. The van der Waals surface area contributed by atoms with Crippen molar-refractivity contribution in [2.75, 3.05) is 26.9 Å². The van der Waals surface area contributed by atoms with Crippen LogP contribution in [-0.2, 0) is 20.9 Å².